The molecule has 3 aromatic rings. The second kappa shape index (κ2) is 6.75. The molecule has 1 N–H and O–H groups in total. The summed E-state index contributed by atoms with van der Waals surface area (Å²) in [5.74, 6) is 0. The highest BCUT2D eigenvalue weighted by Crippen LogP contribution is 2.31. The first-order valence-corrected chi connectivity index (χ1v) is 10.1. The minimum atomic E-state index is -3.83. The Bertz CT molecular complexity index is 1200. The van der Waals surface area contributed by atoms with E-state index in [0.717, 1.165) is 11.1 Å². The molecule has 0 saturated heterocycles. The molecule has 4 rings (SSSR count). The van der Waals surface area contributed by atoms with Crippen molar-refractivity contribution < 1.29 is 18.3 Å². The number of aryl methyl sites for hydroxylation is 1. The van der Waals surface area contributed by atoms with E-state index in [-0.39, 0.29) is 11.4 Å². The van der Waals surface area contributed by atoms with Gasteiger partial charge in [0.1, 0.15) is 6.33 Å². The third-order valence-electron chi connectivity index (χ3n) is 4.84. The van der Waals surface area contributed by atoms with Crippen molar-refractivity contribution in [2.75, 3.05) is 13.1 Å². The zero-order valence-electron chi connectivity index (χ0n) is 15.1. The molecule has 144 valence electrons. The fourth-order valence-electron chi connectivity index (χ4n) is 3.29. The molecule has 1 aliphatic heterocycles. The maximum Gasteiger partial charge on any atom is 0.407 e. The molecule has 1 amide bonds. The average Bonchev–Trinajstić information content (AvgIpc) is 3.09. The normalized spacial score (nSPS) is 14.9. The van der Waals surface area contributed by atoms with Crippen LogP contribution < -0.4 is 0 Å². The van der Waals surface area contributed by atoms with E-state index >= 15 is 0 Å². The van der Waals surface area contributed by atoms with Crippen LogP contribution in [0.4, 0.5) is 4.79 Å². The van der Waals surface area contributed by atoms with Gasteiger partial charge in [0.25, 0.3) is 10.0 Å². The Morgan fingerprint density at radius 3 is 2.61 bits per heavy atom. The highest BCUT2D eigenvalue weighted by atomic mass is 32.2. The highest BCUT2D eigenvalue weighted by Gasteiger charge is 2.25. The molecule has 28 heavy (non-hydrogen) atoms. The van der Waals surface area contributed by atoms with Crippen LogP contribution in [0.15, 0.2) is 54.0 Å². The molecule has 1 aromatic carbocycles. The Hall–Kier alpha value is -3.20. The number of aromatic nitrogens is 3. The van der Waals surface area contributed by atoms with E-state index < -0.39 is 16.1 Å². The summed E-state index contributed by atoms with van der Waals surface area (Å²) >= 11 is 0. The third kappa shape index (κ3) is 3.03. The summed E-state index contributed by atoms with van der Waals surface area (Å²) in [6, 6.07) is 6.64. The van der Waals surface area contributed by atoms with Crippen molar-refractivity contribution in [1.29, 1.82) is 0 Å². The van der Waals surface area contributed by atoms with E-state index in [1.54, 1.807) is 36.7 Å². The zero-order valence-corrected chi connectivity index (χ0v) is 15.9. The number of hydrogen-bond donors (Lipinski definition) is 1. The molecule has 0 unspecified atom stereocenters. The van der Waals surface area contributed by atoms with Crippen LogP contribution in [0.5, 0.6) is 0 Å². The molecule has 0 spiro atoms. The van der Waals surface area contributed by atoms with Crippen LogP contribution in [0, 0.1) is 6.92 Å². The quantitative estimate of drug-likeness (QED) is 0.727. The molecule has 0 radical (unpaired) electrons. The van der Waals surface area contributed by atoms with E-state index in [0.29, 0.717) is 29.6 Å². The van der Waals surface area contributed by atoms with Gasteiger partial charge in [0.05, 0.1) is 4.90 Å². The van der Waals surface area contributed by atoms with Crippen LogP contribution in [-0.4, -0.2) is 51.5 Å². The summed E-state index contributed by atoms with van der Waals surface area (Å²) in [4.78, 5) is 20.8. The van der Waals surface area contributed by atoms with E-state index in [4.69, 9.17) is 5.11 Å². The van der Waals surface area contributed by atoms with Gasteiger partial charge in [-0.25, -0.2) is 27.2 Å². The van der Waals surface area contributed by atoms with Gasteiger partial charge in [0.2, 0.25) is 0 Å². The van der Waals surface area contributed by atoms with Crippen molar-refractivity contribution in [2.45, 2.75) is 18.2 Å². The van der Waals surface area contributed by atoms with Crippen molar-refractivity contribution in [3.8, 4) is 0 Å². The highest BCUT2D eigenvalue weighted by molar-refractivity contribution is 7.90. The van der Waals surface area contributed by atoms with E-state index in [1.807, 2.05) is 13.0 Å². The second-order valence-electron chi connectivity index (χ2n) is 6.62. The number of hydrogen-bond acceptors (Lipinski definition) is 5. The molecule has 0 bridgehead atoms. The number of rotatable bonds is 3. The summed E-state index contributed by atoms with van der Waals surface area (Å²) in [5, 5.41) is 9.74. The van der Waals surface area contributed by atoms with Crippen LogP contribution in [0.25, 0.3) is 16.6 Å². The molecular weight excluding hydrogens is 380 g/mol. The van der Waals surface area contributed by atoms with Crippen LogP contribution >= 0.6 is 0 Å². The molecule has 8 nitrogen and oxygen atoms in total. The maximum absolute atomic E-state index is 13.2. The number of benzene rings is 1. The van der Waals surface area contributed by atoms with Crippen molar-refractivity contribution in [1.82, 2.24) is 18.8 Å². The van der Waals surface area contributed by atoms with Crippen LogP contribution in [0.2, 0.25) is 0 Å². The standard InChI is InChI=1S/C19H18N4O4S/c1-13-2-4-15(5-3-13)28(26,27)23-11-17(16-10-20-12-21-18(16)23)14-6-8-22(9-7-14)19(24)25/h2-6,10-12H,7-9H2,1H3,(H,24,25). The molecule has 9 heteroatoms. The molecule has 0 atom stereocenters. The monoisotopic (exact) mass is 398 g/mol. The lowest BCUT2D eigenvalue weighted by Crippen LogP contribution is -2.33. The van der Waals surface area contributed by atoms with E-state index in [1.165, 1.54) is 15.2 Å². The molecule has 0 saturated carbocycles. The van der Waals surface area contributed by atoms with Gasteiger partial charge in [0, 0.05) is 36.4 Å². The zero-order chi connectivity index (χ0) is 19.9. The number of carboxylic acid groups (broad SMARTS) is 1. The first kappa shape index (κ1) is 18.2. The average molecular weight is 398 g/mol. The predicted octanol–water partition coefficient (Wildman–Crippen LogP) is 2.74. The second-order valence-corrected chi connectivity index (χ2v) is 8.44. The van der Waals surface area contributed by atoms with E-state index in [9.17, 15) is 13.2 Å². The van der Waals surface area contributed by atoms with E-state index in [2.05, 4.69) is 9.97 Å². The topological polar surface area (TPSA) is 105 Å². The molecule has 0 fully saturated rings. The Kier molecular flexibility index (Phi) is 4.38. The van der Waals surface area contributed by atoms with Gasteiger partial charge in [0.15, 0.2) is 5.65 Å². The Balaban J connectivity index is 1.84. The lowest BCUT2D eigenvalue weighted by molar-refractivity contribution is 0.150. The van der Waals surface area contributed by atoms with Crippen LogP contribution in [0.3, 0.4) is 0 Å². The van der Waals surface area contributed by atoms with Crippen LogP contribution in [-0.2, 0) is 10.0 Å². The lowest BCUT2D eigenvalue weighted by atomic mass is 10.0. The first-order valence-electron chi connectivity index (χ1n) is 8.68. The van der Waals surface area contributed by atoms with Gasteiger partial charge in [-0.2, -0.15) is 0 Å². The van der Waals surface area contributed by atoms with Gasteiger partial charge >= 0.3 is 6.09 Å². The molecule has 0 aliphatic carbocycles. The van der Waals surface area contributed by atoms with Gasteiger partial charge in [-0.15, -0.1) is 0 Å². The fraction of sp³-hybridized carbons (Fsp3) is 0.211. The molecular formula is C19H18N4O4S. The van der Waals surface area contributed by atoms with Crippen molar-refractivity contribution in [3.63, 3.8) is 0 Å². The minimum absolute atomic E-state index is 0.176. The molecule has 3 heterocycles. The summed E-state index contributed by atoms with van der Waals surface area (Å²) in [6.45, 7) is 2.50. The molecule has 2 aromatic heterocycles. The number of nitrogens with zero attached hydrogens (tertiary/aromatic N) is 4. The third-order valence-corrected chi connectivity index (χ3v) is 6.50. The minimum Gasteiger partial charge on any atom is -0.465 e. The first-order chi connectivity index (χ1) is 13.4. The Morgan fingerprint density at radius 1 is 1.21 bits per heavy atom. The molecule has 1 aliphatic rings. The van der Waals surface area contributed by atoms with Gasteiger partial charge in [-0.3, -0.25) is 0 Å². The number of fused-ring (bicyclic) bond motifs is 1. The fourth-order valence-corrected chi connectivity index (χ4v) is 4.61. The van der Waals surface area contributed by atoms with Crippen molar-refractivity contribution in [3.05, 3.63) is 60.2 Å². The smallest absolute Gasteiger partial charge is 0.407 e. The summed E-state index contributed by atoms with van der Waals surface area (Å²) in [6.07, 6.45) is 5.78. The number of carbonyl (C=O) groups is 1. The van der Waals surface area contributed by atoms with Gasteiger partial charge in [-0.1, -0.05) is 23.8 Å². The van der Waals surface area contributed by atoms with Crippen molar-refractivity contribution in [2.24, 2.45) is 0 Å². The van der Waals surface area contributed by atoms with Crippen molar-refractivity contribution >= 4 is 32.7 Å². The van der Waals surface area contributed by atoms with Gasteiger partial charge < -0.3 is 10.0 Å². The SMILES string of the molecule is Cc1ccc(S(=O)(=O)n2cc(C3=CCN(C(=O)O)CC3)c3cncnc32)cc1. The maximum atomic E-state index is 13.2. The summed E-state index contributed by atoms with van der Waals surface area (Å²) in [7, 11) is -3.83. The number of amides is 1. The lowest BCUT2D eigenvalue weighted by Gasteiger charge is -2.23. The predicted molar refractivity (Wildman–Crippen MR) is 103 cm³/mol. The van der Waals surface area contributed by atoms with Crippen LogP contribution in [0.1, 0.15) is 17.5 Å². The Labute approximate surface area is 161 Å². The Morgan fingerprint density at radius 2 is 1.96 bits per heavy atom. The summed E-state index contributed by atoms with van der Waals surface area (Å²) < 4.78 is 27.6. The largest absolute Gasteiger partial charge is 0.465 e. The summed E-state index contributed by atoms with van der Waals surface area (Å²) in [5.41, 5.74) is 2.85. The van der Waals surface area contributed by atoms with Gasteiger partial charge in [-0.05, 0) is 31.1 Å².